The van der Waals surface area contributed by atoms with Crippen LogP contribution in [0, 0.1) is 0 Å². The number of anilines is 1. The van der Waals surface area contributed by atoms with Crippen LogP contribution in [-0.2, 0) is 4.79 Å². The minimum absolute atomic E-state index is 0.230. The first-order chi connectivity index (χ1) is 11.8. The summed E-state index contributed by atoms with van der Waals surface area (Å²) in [6.45, 7) is 1.29. The quantitative estimate of drug-likeness (QED) is 0.874. The maximum Gasteiger partial charge on any atom is 0.248 e. The highest BCUT2D eigenvalue weighted by molar-refractivity contribution is 6.02. The predicted octanol–water partition coefficient (Wildman–Crippen LogP) is 3.51. The van der Waals surface area contributed by atoms with Crippen LogP contribution in [0.1, 0.15) is 12.0 Å². The average Bonchev–Trinajstić information content (AvgIpc) is 2.85. The van der Waals surface area contributed by atoms with Gasteiger partial charge in [0.05, 0.1) is 26.0 Å². The van der Waals surface area contributed by atoms with Gasteiger partial charge in [0.1, 0.15) is 5.75 Å². The summed E-state index contributed by atoms with van der Waals surface area (Å²) in [6, 6.07) is 12.9. The molecule has 1 N–H and O–H groups in total. The molecule has 0 atom stereocenters. The Kier molecular flexibility index (Phi) is 5.01. The van der Waals surface area contributed by atoms with Gasteiger partial charge in [0.2, 0.25) is 5.91 Å². The Bertz CT molecular complexity index is 755. The summed E-state index contributed by atoms with van der Waals surface area (Å²) in [6.07, 6.45) is 4.08. The zero-order valence-electron chi connectivity index (χ0n) is 13.5. The molecule has 0 unspecified atom stereocenters. The van der Waals surface area contributed by atoms with Crippen molar-refractivity contribution in [3.05, 3.63) is 54.1 Å². The number of hydrogen-bond acceptors (Lipinski definition) is 4. The van der Waals surface area contributed by atoms with Gasteiger partial charge in [-0.3, -0.25) is 4.79 Å². The van der Waals surface area contributed by atoms with Crippen molar-refractivity contribution in [3.8, 4) is 17.2 Å². The molecule has 1 heterocycles. The van der Waals surface area contributed by atoms with E-state index in [9.17, 15) is 4.79 Å². The van der Waals surface area contributed by atoms with E-state index < -0.39 is 0 Å². The Balaban J connectivity index is 1.69. The number of ether oxygens (including phenoxy) is 3. The van der Waals surface area contributed by atoms with Crippen molar-refractivity contribution in [2.24, 2.45) is 0 Å². The SMILES string of the molecule is COc1ccccc1NC(=O)/C=C/c1ccc2c(c1)OCCCO2. The Morgan fingerprint density at radius 1 is 1.12 bits per heavy atom. The molecule has 124 valence electrons. The van der Waals surface area contributed by atoms with Crippen LogP contribution in [0.25, 0.3) is 6.08 Å². The zero-order valence-corrected chi connectivity index (χ0v) is 13.5. The van der Waals surface area contributed by atoms with Crippen LogP contribution < -0.4 is 19.5 Å². The molecule has 3 rings (SSSR count). The van der Waals surface area contributed by atoms with Crippen molar-refractivity contribution in [1.82, 2.24) is 0 Å². The molecule has 0 fully saturated rings. The van der Waals surface area contributed by atoms with Gasteiger partial charge in [0, 0.05) is 12.5 Å². The highest BCUT2D eigenvalue weighted by atomic mass is 16.5. The molecule has 0 aliphatic carbocycles. The molecule has 24 heavy (non-hydrogen) atoms. The summed E-state index contributed by atoms with van der Waals surface area (Å²) in [5, 5.41) is 2.80. The van der Waals surface area contributed by atoms with Crippen molar-refractivity contribution in [2.75, 3.05) is 25.6 Å². The smallest absolute Gasteiger partial charge is 0.248 e. The van der Waals surface area contributed by atoms with Crippen molar-refractivity contribution in [3.63, 3.8) is 0 Å². The predicted molar refractivity (Wildman–Crippen MR) is 92.7 cm³/mol. The van der Waals surface area contributed by atoms with E-state index in [4.69, 9.17) is 14.2 Å². The van der Waals surface area contributed by atoms with Crippen molar-refractivity contribution >= 4 is 17.7 Å². The average molecular weight is 325 g/mol. The number of amides is 1. The minimum atomic E-state index is -0.230. The molecule has 1 aliphatic rings. The molecule has 0 radical (unpaired) electrons. The van der Waals surface area contributed by atoms with Crippen LogP contribution in [0.4, 0.5) is 5.69 Å². The first-order valence-electron chi connectivity index (χ1n) is 7.78. The highest BCUT2D eigenvalue weighted by Gasteiger charge is 2.10. The summed E-state index contributed by atoms with van der Waals surface area (Å²) in [4.78, 5) is 12.1. The molecule has 5 heteroatoms. The third-order valence-electron chi connectivity index (χ3n) is 3.56. The Morgan fingerprint density at radius 3 is 2.75 bits per heavy atom. The third-order valence-corrected chi connectivity index (χ3v) is 3.56. The molecule has 5 nitrogen and oxygen atoms in total. The second-order valence-electron chi connectivity index (χ2n) is 5.28. The lowest BCUT2D eigenvalue weighted by Crippen LogP contribution is -2.08. The Hall–Kier alpha value is -2.95. The monoisotopic (exact) mass is 325 g/mol. The molecule has 2 aromatic rings. The number of rotatable bonds is 4. The Labute approximate surface area is 140 Å². The van der Waals surface area contributed by atoms with E-state index >= 15 is 0 Å². The molecule has 1 aliphatic heterocycles. The number of para-hydroxylation sites is 2. The molecule has 2 aromatic carbocycles. The summed E-state index contributed by atoms with van der Waals surface area (Å²) in [5.41, 5.74) is 1.50. The first-order valence-corrected chi connectivity index (χ1v) is 7.78. The molecule has 0 aromatic heterocycles. The maximum absolute atomic E-state index is 12.1. The number of carbonyl (C=O) groups is 1. The fourth-order valence-electron chi connectivity index (χ4n) is 2.38. The lowest BCUT2D eigenvalue weighted by molar-refractivity contribution is -0.111. The molecule has 0 bridgehead atoms. The number of methoxy groups -OCH3 is 1. The summed E-state index contributed by atoms with van der Waals surface area (Å²) in [7, 11) is 1.57. The van der Waals surface area contributed by atoms with E-state index in [-0.39, 0.29) is 5.91 Å². The fourth-order valence-corrected chi connectivity index (χ4v) is 2.38. The van der Waals surface area contributed by atoms with Gasteiger partial charge in [-0.25, -0.2) is 0 Å². The standard InChI is InChI=1S/C19H19NO4/c1-22-16-6-3-2-5-15(16)20-19(21)10-8-14-7-9-17-18(13-14)24-12-4-11-23-17/h2-3,5-10,13H,4,11-12H2,1H3,(H,20,21)/b10-8+. The number of nitrogens with one attached hydrogen (secondary N) is 1. The highest BCUT2D eigenvalue weighted by Crippen LogP contribution is 2.30. The van der Waals surface area contributed by atoms with Crippen LogP contribution >= 0.6 is 0 Å². The summed E-state index contributed by atoms with van der Waals surface area (Å²) in [5.74, 6) is 1.84. The summed E-state index contributed by atoms with van der Waals surface area (Å²) >= 11 is 0. The maximum atomic E-state index is 12.1. The van der Waals surface area contributed by atoms with E-state index in [2.05, 4.69) is 5.32 Å². The van der Waals surface area contributed by atoms with Gasteiger partial charge < -0.3 is 19.5 Å². The van der Waals surface area contributed by atoms with Gasteiger partial charge in [-0.15, -0.1) is 0 Å². The lowest BCUT2D eigenvalue weighted by Gasteiger charge is -2.08. The Morgan fingerprint density at radius 2 is 1.92 bits per heavy atom. The normalized spacial score (nSPS) is 13.4. The molecular formula is C19H19NO4. The number of benzene rings is 2. The van der Waals surface area contributed by atoms with Gasteiger partial charge in [0.25, 0.3) is 0 Å². The van der Waals surface area contributed by atoms with E-state index in [0.29, 0.717) is 30.4 Å². The van der Waals surface area contributed by atoms with E-state index in [0.717, 1.165) is 17.7 Å². The molecule has 0 spiro atoms. The topological polar surface area (TPSA) is 56.8 Å². The van der Waals surface area contributed by atoms with Crippen molar-refractivity contribution in [1.29, 1.82) is 0 Å². The van der Waals surface area contributed by atoms with Crippen LogP contribution in [0.5, 0.6) is 17.2 Å². The molecule has 0 saturated carbocycles. The van der Waals surface area contributed by atoms with Crippen molar-refractivity contribution in [2.45, 2.75) is 6.42 Å². The number of hydrogen-bond donors (Lipinski definition) is 1. The van der Waals surface area contributed by atoms with Gasteiger partial charge >= 0.3 is 0 Å². The second-order valence-corrected chi connectivity index (χ2v) is 5.28. The van der Waals surface area contributed by atoms with Crippen LogP contribution in [0.15, 0.2) is 48.5 Å². The zero-order chi connectivity index (χ0) is 16.8. The minimum Gasteiger partial charge on any atom is -0.495 e. The third kappa shape index (κ3) is 3.87. The van der Waals surface area contributed by atoms with Gasteiger partial charge in [0.15, 0.2) is 11.5 Å². The van der Waals surface area contributed by atoms with E-state index in [1.54, 1.807) is 25.3 Å². The molecule has 1 amide bonds. The number of carbonyl (C=O) groups excluding carboxylic acids is 1. The molecule has 0 saturated heterocycles. The van der Waals surface area contributed by atoms with E-state index in [1.165, 1.54) is 6.08 Å². The van der Waals surface area contributed by atoms with Crippen molar-refractivity contribution < 1.29 is 19.0 Å². The van der Waals surface area contributed by atoms with Gasteiger partial charge in [-0.2, -0.15) is 0 Å². The van der Waals surface area contributed by atoms with Crippen LogP contribution in [-0.4, -0.2) is 26.2 Å². The van der Waals surface area contributed by atoms with Crippen LogP contribution in [0.3, 0.4) is 0 Å². The second kappa shape index (κ2) is 7.55. The largest absolute Gasteiger partial charge is 0.495 e. The van der Waals surface area contributed by atoms with Crippen LogP contribution in [0.2, 0.25) is 0 Å². The van der Waals surface area contributed by atoms with Gasteiger partial charge in [-0.1, -0.05) is 18.2 Å². The van der Waals surface area contributed by atoms with Gasteiger partial charge in [-0.05, 0) is 35.9 Å². The number of fused-ring (bicyclic) bond motifs is 1. The molecular weight excluding hydrogens is 306 g/mol. The fraction of sp³-hybridized carbons (Fsp3) is 0.211. The lowest BCUT2D eigenvalue weighted by atomic mass is 10.2. The van der Waals surface area contributed by atoms with E-state index in [1.807, 2.05) is 30.3 Å². The summed E-state index contributed by atoms with van der Waals surface area (Å²) < 4.78 is 16.5. The first kappa shape index (κ1) is 15.9.